The van der Waals surface area contributed by atoms with Crippen LogP contribution in [0.25, 0.3) is 11.0 Å². The number of benzene rings is 2. The molecule has 176 valence electrons. The molecule has 33 heavy (non-hydrogen) atoms. The first-order valence-corrected chi connectivity index (χ1v) is 11.9. The van der Waals surface area contributed by atoms with Crippen LogP contribution in [0.2, 0.25) is 0 Å². The molecule has 0 atom stereocenters. The van der Waals surface area contributed by atoms with Crippen LogP contribution in [0.4, 0.5) is 5.69 Å². The van der Waals surface area contributed by atoms with Crippen LogP contribution in [0.1, 0.15) is 52.8 Å². The number of aryl methyl sites for hydroxylation is 1. The molecule has 0 aliphatic rings. The number of carbonyl (C=O) groups is 2. The van der Waals surface area contributed by atoms with Gasteiger partial charge < -0.3 is 14.8 Å². The maximum absolute atomic E-state index is 13.2. The van der Waals surface area contributed by atoms with Gasteiger partial charge in [0.2, 0.25) is 11.8 Å². The molecule has 1 N–H and O–H groups in total. The van der Waals surface area contributed by atoms with Gasteiger partial charge in [-0.25, -0.2) is 4.98 Å². The molecule has 2 amide bonds. The molecule has 1 aromatic heterocycles. The van der Waals surface area contributed by atoms with E-state index in [2.05, 4.69) is 9.88 Å². The molecule has 3 aromatic rings. The van der Waals surface area contributed by atoms with Gasteiger partial charge in [-0.05, 0) is 44.0 Å². The van der Waals surface area contributed by atoms with Gasteiger partial charge in [0.05, 0.1) is 11.0 Å². The van der Waals surface area contributed by atoms with Crippen LogP contribution in [0, 0.1) is 5.41 Å². The number of imidazole rings is 1. The number of hydrogen-bond acceptors (Lipinski definition) is 3. The summed E-state index contributed by atoms with van der Waals surface area (Å²) in [5.41, 5.74) is 2.46. The molecule has 6 heteroatoms. The Morgan fingerprint density at radius 2 is 1.67 bits per heavy atom. The number of anilines is 1. The van der Waals surface area contributed by atoms with Crippen molar-refractivity contribution in [3.8, 4) is 0 Å². The predicted molar refractivity (Wildman–Crippen MR) is 134 cm³/mol. The Labute approximate surface area is 197 Å². The molecule has 0 saturated carbocycles. The molecule has 0 saturated heterocycles. The number of nitrogens with one attached hydrogen (secondary N) is 1. The van der Waals surface area contributed by atoms with E-state index in [9.17, 15) is 9.59 Å². The molecule has 0 spiro atoms. The topological polar surface area (TPSA) is 67.2 Å². The number of likely N-dealkylation sites (N-methyl/N-ethyl adjacent to an activating group) is 1. The Balaban J connectivity index is 1.65. The third-order valence-electron chi connectivity index (χ3n) is 5.76. The first-order valence-electron chi connectivity index (χ1n) is 11.9. The first-order chi connectivity index (χ1) is 15.8. The molecule has 0 bridgehead atoms. The van der Waals surface area contributed by atoms with Gasteiger partial charge in [-0.15, -0.1) is 0 Å². The van der Waals surface area contributed by atoms with Crippen LogP contribution in [-0.2, 0) is 22.6 Å². The van der Waals surface area contributed by atoms with Crippen molar-refractivity contribution in [2.45, 2.75) is 59.9 Å². The summed E-state index contributed by atoms with van der Waals surface area (Å²) in [6.07, 6.45) is 3.68. The van der Waals surface area contributed by atoms with Crippen LogP contribution in [0.5, 0.6) is 0 Å². The number of amides is 2. The van der Waals surface area contributed by atoms with Crippen molar-refractivity contribution in [3.05, 3.63) is 60.4 Å². The van der Waals surface area contributed by atoms with E-state index in [0.29, 0.717) is 13.1 Å². The number of nitrogens with zero attached hydrogens (tertiary/aromatic N) is 3. The lowest BCUT2D eigenvalue weighted by atomic mass is 9.96. The van der Waals surface area contributed by atoms with Gasteiger partial charge in [-0.3, -0.25) is 9.59 Å². The molecule has 6 nitrogen and oxygen atoms in total. The molecule has 0 aliphatic heterocycles. The number of carbonyl (C=O) groups excluding carboxylic acids is 2. The van der Waals surface area contributed by atoms with E-state index in [0.717, 1.165) is 48.2 Å². The van der Waals surface area contributed by atoms with Gasteiger partial charge in [0, 0.05) is 30.6 Å². The molecule has 2 aromatic carbocycles. The monoisotopic (exact) mass is 448 g/mol. The minimum atomic E-state index is -0.358. The summed E-state index contributed by atoms with van der Waals surface area (Å²) in [5.74, 6) is 1.08. The SMILES string of the molecule is CCN(C(=O)Cn1c(CCCCCNC(=O)C(C)(C)C)nc2ccccc21)c1ccccc1. The Morgan fingerprint density at radius 3 is 2.36 bits per heavy atom. The Kier molecular flexibility index (Phi) is 8.26. The fourth-order valence-electron chi connectivity index (χ4n) is 3.88. The van der Waals surface area contributed by atoms with Crippen molar-refractivity contribution in [2.75, 3.05) is 18.0 Å². The van der Waals surface area contributed by atoms with Crippen LogP contribution in [0.3, 0.4) is 0 Å². The summed E-state index contributed by atoms with van der Waals surface area (Å²) >= 11 is 0. The predicted octanol–water partition coefficient (Wildman–Crippen LogP) is 4.96. The van der Waals surface area contributed by atoms with Crippen molar-refractivity contribution in [2.24, 2.45) is 5.41 Å². The maximum Gasteiger partial charge on any atom is 0.246 e. The van der Waals surface area contributed by atoms with Gasteiger partial charge in [0.15, 0.2) is 0 Å². The van der Waals surface area contributed by atoms with Crippen molar-refractivity contribution in [1.82, 2.24) is 14.9 Å². The second-order valence-corrected chi connectivity index (χ2v) is 9.39. The van der Waals surface area contributed by atoms with E-state index in [1.54, 1.807) is 0 Å². The molecular formula is C27H36N4O2. The molecular weight excluding hydrogens is 412 g/mol. The zero-order valence-electron chi connectivity index (χ0n) is 20.3. The van der Waals surface area contributed by atoms with Crippen molar-refractivity contribution < 1.29 is 9.59 Å². The van der Waals surface area contributed by atoms with Gasteiger partial charge >= 0.3 is 0 Å². The average molecular weight is 449 g/mol. The van der Waals surface area contributed by atoms with Crippen molar-refractivity contribution in [1.29, 1.82) is 0 Å². The summed E-state index contributed by atoms with van der Waals surface area (Å²) < 4.78 is 2.06. The minimum Gasteiger partial charge on any atom is -0.356 e. The third kappa shape index (κ3) is 6.44. The fraction of sp³-hybridized carbons (Fsp3) is 0.444. The molecule has 0 aliphatic carbocycles. The largest absolute Gasteiger partial charge is 0.356 e. The van der Waals surface area contributed by atoms with E-state index >= 15 is 0 Å². The Morgan fingerprint density at radius 1 is 0.970 bits per heavy atom. The van der Waals surface area contributed by atoms with Crippen LogP contribution in [-0.4, -0.2) is 34.5 Å². The number of hydrogen-bond donors (Lipinski definition) is 1. The zero-order valence-corrected chi connectivity index (χ0v) is 20.3. The second-order valence-electron chi connectivity index (χ2n) is 9.39. The molecule has 0 fully saturated rings. The standard InChI is InChI=1S/C27H36N4O2/c1-5-30(21-14-8-6-9-15-21)25(32)20-31-23-17-12-11-16-22(23)29-24(31)18-10-7-13-19-28-26(33)27(2,3)4/h6,8-9,11-12,14-17H,5,7,10,13,18-20H2,1-4H3,(H,28,33). The summed E-state index contributed by atoms with van der Waals surface area (Å²) in [6.45, 7) is 9.33. The van der Waals surface area contributed by atoms with Crippen LogP contribution < -0.4 is 10.2 Å². The van der Waals surface area contributed by atoms with E-state index < -0.39 is 0 Å². The highest BCUT2D eigenvalue weighted by Crippen LogP contribution is 2.20. The number of para-hydroxylation sites is 3. The fourth-order valence-corrected chi connectivity index (χ4v) is 3.88. The number of unbranched alkanes of at least 4 members (excludes halogenated alkanes) is 2. The number of fused-ring (bicyclic) bond motifs is 1. The first kappa shape index (κ1) is 24.5. The quantitative estimate of drug-likeness (QED) is 0.446. The normalized spacial score (nSPS) is 11.5. The summed E-state index contributed by atoms with van der Waals surface area (Å²) in [5, 5.41) is 3.00. The van der Waals surface area contributed by atoms with Crippen molar-refractivity contribution in [3.63, 3.8) is 0 Å². The van der Waals surface area contributed by atoms with E-state index in [-0.39, 0.29) is 23.8 Å². The smallest absolute Gasteiger partial charge is 0.246 e. The van der Waals surface area contributed by atoms with Crippen LogP contribution in [0.15, 0.2) is 54.6 Å². The third-order valence-corrected chi connectivity index (χ3v) is 5.76. The lowest BCUT2D eigenvalue weighted by molar-refractivity contribution is -0.128. The lowest BCUT2D eigenvalue weighted by Gasteiger charge is -2.22. The number of rotatable bonds is 10. The lowest BCUT2D eigenvalue weighted by Crippen LogP contribution is -2.35. The number of aromatic nitrogens is 2. The molecule has 3 rings (SSSR count). The van der Waals surface area contributed by atoms with Crippen molar-refractivity contribution >= 4 is 28.5 Å². The minimum absolute atomic E-state index is 0.0537. The maximum atomic E-state index is 13.2. The second kappa shape index (κ2) is 11.1. The van der Waals surface area contributed by atoms with Gasteiger partial charge in [0.1, 0.15) is 12.4 Å². The molecule has 1 heterocycles. The van der Waals surface area contributed by atoms with Gasteiger partial charge in [0.25, 0.3) is 0 Å². The molecule has 0 radical (unpaired) electrons. The van der Waals surface area contributed by atoms with Gasteiger partial charge in [-0.2, -0.15) is 0 Å². The average Bonchev–Trinajstić information content (AvgIpc) is 3.13. The summed E-state index contributed by atoms with van der Waals surface area (Å²) in [4.78, 5) is 31.9. The summed E-state index contributed by atoms with van der Waals surface area (Å²) in [7, 11) is 0. The summed E-state index contributed by atoms with van der Waals surface area (Å²) in [6, 6.07) is 17.8. The van der Waals surface area contributed by atoms with E-state index in [1.165, 1.54) is 0 Å². The zero-order chi connectivity index (χ0) is 23.8. The van der Waals surface area contributed by atoms with Gasteiger partial charge in [-0.1, -0.05) is 57.5 Å². The highest BCUT2D eigenvalue weighted by molar-refractivity contribution is 5.94. The van der Waals surface area contributed by atoms with Crippen LogP contribution >= 0.6 is 0 Å². The highest BCUT2D eigenvalue weighted by atomic mass is 16.2. The highest BCUT2D eigenvalue weighted by Gasteiger charge is 2.20. The van der Waals surface area contributed by atoms with E-state index in [4.69, 9.17) is 4.98 Å². The Hall–Kier alpha value is -3.15. The molecule has 0 unspecified atom stereocenters. The Bertz CT molecular complexity index is 1070. The van der Waals surface area contributed by atoms with E-state index in [1.807, 2.05) is 87.2 Å².